The average molecular weight is 186 g/mol. The molecule has 0 heterocycles. The monoisotopic (exact) mass is 186 g/mol. The van der Waals surface area contributed by atoms with Gasteiger partial charge in [0.05, 0.1) is 12.1 Å². The van der Waals surface area contributed by atoms with Gasteiger partial charge in [-0.3, -0.25) is 11.3 Å². The van der Waals surface area contributed by atoms with Crippen LogP contribution in [0.4, 0.5) is 0 Å². The summed E-state index contributed by atoms with van der Waals surface area (Å²) in [5.74, 6) is 5.46. The molecule has 3 nitrogen and oxygen atoms in total. The lowest BCUT2D eigenvalue weighted by Crippen LogP contribution is -2.50. The first kappa shape index (κ1) is 12.6. The molecule has 0 saturated carbocycles. The number of nitrogens with one attached hydrogen (secondary N) is 1. The Morgan fingerprint density at radius 3 is 2.00 bits per heavy atom. The van der Waals surface area contributed by atoms with Gasteiger partial charge in [-0.25, -0.2) is 0 Å². The van der Waals surface area contributed by atoms with Crippen molar-refractivity contribution in [3.8, 4) is 0 Å². The highest BCUT2D eigenvalue weighted by Gasteiger charge is 2.32. The number of methoxy groups -OCH3 is 1. The van der Waals surface area contributed by atoms with Gasteiger partial charge in [-0.05, 0) is 12.3 Å². The van der Waals surface area contributed by atoms with Gasteiger partial charge in [0.15, 0.2) is 0 Å². The number of hydrogen-bond donors (Lipinski definition) is 2. The minimum atomic E-state index is 0.00463. The Balaban J connectivity index is 4.63. The predicted molar refractivity (Wildman–Crippen MR) is 56.2 cm³/mol. The second kappa shape index (κ2) is 4.74. The van der Waals surface area contributed by atoms with Crippen LogP contribution in [0.2, 0.25) is 0 Å². The predicted octanol–water partition coefficient (Wildman–Crippen LogP) is 1.46. The van der Waals surface area contributed by atoms with Crippen molar-refractivity contribution in [1.29, 1.82) is 0 Å². The van der Waals surface area contributed by atoms with E-state index in [-0.39, 0.29) is 17.6 Å². The molecule has 0 amide bonds. The quantitative estimate of drug-likeness (QED) is 0.397. The molecule has 0 radical (unpaired) electrons. The lowest BCUT2D eigenvalue weighted by Gasteiger charge is -2.35. The second-order valence-electron chi connectivity index (χ2n) is 4.51. The minimum absolute atomic E-state index is 0.00463. The van der Waals surface area contributed by atoms with Crippen LogP contribution in [0.1, 0.15) is 27.7 Å². The number of nitrogens with two attached hydrogens (primary N) is 1. The van der Waals surface area contributed by atoms with E-state index in [1.165, 1.54) is 0 Å². The lowest BCUT2D eigenvalue weighted by molar-refractivity contribution is -0.00229. The number of ether oxygens (including phenoxy) is 1. The molecule has 3 heteroatoms. The maximum atomic E-state index is 5.46. The van der Waals surface area contributed by atoms with Crippen LogP contribution in [0.15, 0.2) is 12.2 Å². The average Bonchev–Trinajstić information content (AvgIpc) is 1.96. The third kappa shape index (κ3) is 3.46. The minimum Gasteiger partial charge on any atom is -0.379 e. The Morgan fingerprint density at radius 2 is 1.92 bits per heavy atom. The molecule has 0 aliphatic carbocycles. The Morgan fingerprint density at radius 1 is 1.46 bits per heavy atom. The summed E-state index contributed by atoms with van der Waals surface area (Å²) in [5, 5.41) is 0. The van der Waals surface area contributed by atoms with Crippen LogP contribution in [0, 0.1) is 5.41 Å². The Kier molecular flexibility index (Phi) is 4.61. The van der Waals surface area contributed by atoms with Gasteiger partial charge < -0.3 is 4.74 Å². The molecule has 2 unspecified atom stereocenters. The standard InChI is InChI=1S/C10H22N2O/c1-7(2)8(12-11)9(13-6)10(3,4)5/h8-9,12H,1,11H2,2-6H3. The maximum absolute atomic E-state index is 5.46. The van der Waals surface area contributed by atoms with Crippen LogP contribution in [-0.4, -0.2) is 19.3 Å². The van der Waals surface area contributed by atoms with Gasteiger partial charge in [0.25, 0.3) is 0 Å². The van der Waals surface area contributed by atoms with Crippen molar-refractivity contribution >= 4 is 0 Å². The summed E-state index contributed by atoms with van der Waals surface area (Å²) in [6.07, 6.45) is 0.0370. The van der Waals surface area contributed by atoms with Gasteiger partial charge >= 0.3 is 0 Å². The molecule has 0 aliphatic rings. The van der Waals surface area contributed by atoms with E-state index in [4.69, 9.17) is 10.6 Å². The van der Waals surface area contributed by atoms with Crippen LogP contribution in [0.5, 0.6) is 0 Å². The Bertz CT molecular complexity index is 172. The summed E-state index contributed by atoms with van der Waals surface area (Å²) in [5.41, 5.74) is 3.77. The summed E-state index contributed by atoms with van der Waals surface area (Å²) < 4.78 is 5.43. The van der Waals surface area contributed by atoms with Gasteiger partial charge in [-0.1, -0.05) is 32.9 Å². The third-order valence-corrected chi connectivity index (χ3v) is 2.12. The zero-order valence-corrected chi connectivity index (χ0v) is 9.35. The lowest BCUT2D eigenvalue weighted by atomic mass is 9.82. The number of rotatable bonds is 4. The number of hydrogen-bond acceptors (Lipinski definition) is 3. The molecule has 0 bridgehead atoms. The van der Waals surface area contributed by atoms with Crippen molar-refractivity contribution in [1.82, 2.24) is 5.43 Å². The molecule has 0 saturated heterocycles. The van der Waals surface area contributed by atoms with E-state index >= 15 is 0 Å². The smallest absolute Gasteiger partial charge is 0.0823 e. The van der Waals surface area contributed by atoms with Crippen LogP contribution in [-0.2, 0) is 4.74 Å². The zero-order chi connectivity index (χ0) is 10.6. The van der Waals surface area contributed by atoms with Crippen molar-refractivity contribution in [2.75, 3.05) is 7.11 Å². The highest BCUT2D eigenvalue weighted by atomic mass is 16.5. The topological polar surface area (TPSA) is 47.3 Å². The van der Waals surface area contributed by atoms with Gasteiger partial charge in [0.2, 0.25) is 0 Å². The first-order chi connectivity index (χ1) is 5.84. The Labute approximate surface area is 81.3 Å². The van der Waals surface area contributed by atoms with E-state index in [0.29, 0.717) is 0 Å². The van der Waals surface area contributed by atoms with Gasteiger partial charge in [-0.15, -0.1) is 0 Å². The molecule has 0 aromatic carbocycles. The second-order valence-corrected chi connectivity index (χ2v) is 4.51. The Hall–Kier alpha value is -0.380. The van der Waals surface area contributed by atoms with Crippen LogP contribution in [0.25, 0.3) is 0 Å². The molecule has 13 heavy (non-hydrogen) atoms. The normalized spacial score (nSPS) is 16.8. The molecule has 3 N–H and O–H groups in total. The van der Waals surface area contributed by atoms with Crippen LogP contribution in [0.3, 0.4) is 0 Å². The number of hydrazine groups is 1. The van der Waals surface area contributed by atoms with E-state index in [2.05, 4.69) is 32.8 Å². The molecule has 0 rings (SSSR count). The van der Waals surface area contributed by atoms with E-state index < -0.39 is 0 Å². The SMILES string of the molecule is C=C(C)C(NN)C(OC)C(C)(C)C. The summed E-state index contributed by atoms with van der Waals surface area (Å²) >= 11 is 0. The van der Waals surface area contributed by atoms with E-state index in [1.54, 1.807) is 7.11 Å². The molecular weight excluding hydrogens is 164 g/mol. The fourth-order valence-electron chi connectivity index (χ4n) is 1.48. The van der Waals surface area contributed by atoms with Crippen molar-refractivity contribution in [3.63, 3.8) is 0 Å². The third-order valence-electron chi connectivity index (χ3n) is 2.12. The van der Waals surface area contributed by atoms with Gasteiger partial charge in [0, 0.05) is 7.11 Å². The van der Waals surface area contributed by atoms with Gasteiger partial charge in [-0.2, -0.15) is 0 Å². The van der Waals surface area contributed by atoms with Crippen molar-refractivity contribution in [3.05, 3.63) is 12.2 Å². The van der Waals surface area contributed by atoms with E-state index in [0.717, 1.165) is 5.57 Å². The summed E-state index contributed by atoms with van der Waals surface area (Å²) in [7, 11) is 1.70. The molecule has 0 spiro atoms. The van der Waals surface area contributed by atoms with Crippen LogP contribution < -0.4 is 11.3 Å². The first-order valence-corrected chi connectivity index (χ1v) is 4.49. The molecule has 78 valence electrons. The molecule has 0 aromatic rings. The molecule has 0 fully saturated rings. The molecule has 2 atom stereocenters. The summed E-state index contributed by atoms with van der Waals surface area (Å²) in [6.45, 7) is 12.2. The van der Waals surface area contributed by atoms with Crippen LogP contribution >= 0.6 is 0 Å². The zero-order valence-electron chi connectivity index (χ0n) is 9.35. The highest BCUT2D eigenvalue weighted by Crippen LogP contribution is 2.26. The fraction of sp³-hybridized carbons (Fsp3) is 0.800. The molecular formula is C10H22N2O. The van der Waals surface area contributed by atoms with Crippen molar-refractivity contribution in [2.24, 2.45) is 11.3 Å². The largest absolute Gasteiger partial charge is 0.379 e. The highest BCUT2D eigenvalue weighted by molar-refractivity contribution is 5.07. The first-order valence-electron chi connectivity index (χ1n) is 4.49. The maximum Gasteiger partial charge on any atom is 0.0823 e. The van der Waals surface area contributed by atoms with E-state index in [1.807, 2.05) is 6.92 Å². The molecule has 0 aromatic heterocycles. The van der Waals surface area contributed by atoms with Crippen molar-refractivity contribution < 1.29 is 4.74 Å². The molecule has 0 aliphatic heterocycles. The van der Waals surface area contributed by atoms with Crippen molar-refractivity contribution in [2.45, 2.75) is 39.8 Å². The fourth-order valence-corrected chi connectivity index (χ4v) is 1.48. The summed E-state index contributed by atoms with van der Waals surface area (Å²) in [6, 6.07) is 0.00463. The summed E-state index contributed by atoms with van der Waals surface area (Å²) in [4.78, 5) is 0. The van der Waals surface area contributed by atoms with E-state index in [9.17, 15) is 0 Å². The van der Waals surface area contributed by atoms with Gasteiger partial charge in [0.1, 0.15) is 0 Å².